The fraction of sp³-hybridized carbons (Fsp3) is 0.500. The Kier molecular flexibility index (Phi) is 7.58. The number of rotatable bonds is 7. The molecule has 106 valence electrons. The van der Waals surface area contributed by atoms with Crippen LogP contribution in [-0.2, 0) is 11.3 Å². The van der Waals surface area contributed by atoms with Gasteiger partial charge in [-0.2, -0.15) is 0 Å². The maximum absolute atomic E-state index is 13.0. The van der Waals surface area contributed by atoms with Crippen molar-refractivity contribution in [2.24, 2.45) is 4.99 Å². The van der Waals surface area contributed by atoms with Crippen LogP contribution in [-0.4, -0.2) is 32.3 Å². The molecule has 0 spiro atoms. The number of guanidine groups is 1. The Labute approximate surface area is 114 Å². The molecule has 0 aromatic heterocycles. The van der Waals surface area contributed by atoms with Gasteiger partial charge < -0.3 is 15.4 Å². The van der Waals surface area contributed by atoms with E-state index in [2.05, 4.69) is 15.6 Å². The Bertz CT molecular complexity index is 396. The van der Waals surface area contributed by atoms with Crippen LogP contribution in [0.4, 0.5) is 4.39 Å². The van der Waals surface area contributed by atoms with Crippen LogP contribution in [0.25, 0.3) is 0 Å². The molecule has 0 aliphatic carbocycles. The summed E-state index contributed by atoms with van der Waals surface area (Å²) in [5.74, 6) is 0.480. The van der Waals surface area contributed by atoms with E-state index in [0.29, 0.717) is 32.3 Å². The van der Waals surface area contributed by atoms with Crippen molar-refractivity contribution in [3.05, 3.63) is 35.6 Å². The first-order chi connectivity index (χ1) is 9.26. The molecular weight excluding hydrogens is 245 g/mol. The third-order valence-corrected chi connectivity index (χ3v) is 2.40. The minimum atomic E-state index is -0.234. The monoisotopic (exact) mass is 267 g/mol. The van der Waals surface area contributed by atoms with E-state index in [1.54, 1.807) is 6.07 Å². The molecule has 0 heterocycles. The minimum absolute atomic E-state index is 0.234. The predicted octanol–water partition coefficient (Wildman–Crippen LogP) is 1.92. The van der Waals surface area contributed by atoms with Gasteiger partial charge in [-0.1, -0.05) is 12.1 Å². The summed E-state index contributed by atoms with van der Waals surface area (Å²) in [7, 11) is 0. The number of ether oxygens (including phenoxy) is 1. The van der Waals surface area contributed by atoms with Gasteiger partial charge in [0, 0.05) is 19.7 Å². The van der Waals surface area contributed by atoms with Crippen molar-refractivity contribution < 1.29 is 9.13 Å². The molecule has 0 saturated carbocycles. The molecule has 0 amide bonds. The number of hydrogen-bond donors (Lipinski definition) is 2. The number of aliphatic imine (C=N–C) groups is 1. The van der Waals surface area contributed by atoms with Gasteiger partial charge in [0.1, 0.15) is 5.82 Å². The molecule has 19 heavy (non-hydrogen) atoms. The van der Waals surface area contributed by atoms with Gasteiger partial charge in [-0.05, 0) is 31.5 Å². The lowest BCUT2D eigenvalue weighted by Gasteiger charge is -2.11. The minimum Gasteiger partial charge on any atom is -0.380 e. The van der Waals surface area contributed by atoms with Gasteiger partial charge >= 0.3 is 0 Å². The van der Waals surface area contributed by atoms with E-state index in [0.717, 1.165) is 12.1 Å². The smallest absolute Gasteiger partial charge is 0.191 e. The zero-order chi connectivity index (χ0) is 13.9. The summed E-state index contributed by atoms with van der Waals surface area (Å²) in [6.45, 7) is 7.23. The summed E-state index contributed by atoms with van der Waals surface area (Å²) in [5.41, 5.74) is 0.849. The lowest BCUT2D eigenvalue weighted by atomic mass is 10.2. The van der Waals surface area contributed by atoms with Crippen molar-refractivity contribution in [3.8, 4) is 0 Å². The Morgan fingerprint density at radius 1 is 1.32 bits per heavy atom. The summed E-state index contributed by atoms with van der Waals surface area (Å²) < 4.78 is 18.3. The van der Waals surface area contributed by atoms with E-state index in [1.165, 1.54) is 12.1 Å². The van der Waals surface area contributed by atoms with E-state index in [-0.39, 0.29) is 5.82 Å². The van der Waals surface area contributed by atoms with Crippen molar-refractivity contribution in [2.75, 3.05) is 26.3 Å². The Hall–Kier alpha value is -1.62. The molecule has 0 radical (unpaired) electrons. The molecule has 4 nitrogen and oxygen atoms in total. The molecule has 0 aliphatic heterocycles. The second-order valence-electron chi connectivity index (χ2n) is 3.95. The largest absolute Gasteiger partial charge is 0.380 e. The summed E-state index contributed by atoms with van der Waals surface area (Å²) in [6, 6.07) is 6.47. The number of nitrogens with zero attached hydrogens (tertiary/aromatic N) is 1. The molecule has 1 rings (SSSR count). The fourth-order valence-corrected chi connectivity index (χ4v) is 1.53. The van der Waals surface area contributed by atoms with Gasteiger partial charge in [-0.25, -0.2) is 9.38 Å². The SMILES string of the molecule is CCNC(=NCc1cccc(F)c1)NCCOCC. The third-order valence-electron chi connectivity index (χ3n) is 2.40. The first-order valence-electron chi connectivity index (χ1n) is 6.60. The molecular formula is C14H22FN3O. The second kappa shape index (κ2) is 9.33. The van der Waals surface area contributed by atoms with Crippen LogP contribution in [0.5, 0.6) is 0 Å². The van der Waals surface area contributed by atoms with Crippen LogP contribution in [0.15, 0.2) is 29.3 Å². The third kappa shape index (κ3) is 6.76. The number of nitrogens with one attached hydrogen (secondary N) is 2. The van der Waals surface area contributed by atoms with Crippen LogP contribution in [0.3, 0.4) is 0 Å². The zero-order valence-corrected chi connectivity index (χ0v) is 11.6. The fourth-order valence-electron chi connectivity index (χ4n) is 1.53. The van der Waals surface area contributed by atoms with Crippen molar-refractivity contribution in [3.63, 3.8) is 0 Å². The van der Waals surface area contributed by atoms with Crippen molar-refractivity contribution in [1.29, 1.82) is 0 Å². The topological polar surface area (TPSA) is 45.7 Å². The molecule has 0 atom stereocenters. The molecule has 1 aromatic rings. The summed E-state index contributed by atoms with van der Waals surface area (Å²) in [4.78, 5) is 4.39. The van der Waals surface area contributed by atoms with E-state index in [9.17, 15) is 4.39 Å². The molecule has 0 aliphatic rings. The highest BCUT2D eigenvalue weighted by atomic mass is 19.1. The predicted molar refractivity (Wildman–Crippen MR) is 75.7 cm³/mol. The van der Waals surface area contributed by atoms with Gasteiger partial charge in [-0.15, -0.1) is 0 Å². The first-order valence-corrected chi connectivity index (χ1v) is 6.60. The maximum atomic E-state index is 13.0. The van der Waals surface area contributed by atoms with E-state index in [1.807, 2.05) is 19.9 Å². The maximum Gasteiger partial charge on any atom is 0.191 e. The van der Waals surface area contributed by atoms with Crippen LogP contribution in [0.2, 0.25) is 0 Å². The molecule has 0 bridgehead atoms. The Morgan fingerprint density at radius 3 is 2.84 bits per heavy atom. The average Bonchev–Trinajstić information content (AvgIpc) is 2.41. The molecule has 0 unspecified atom stereocenters. The lowest BCUT2D eigenvalue weighted by Crippen LogP contribution is -2.39. The van der Waals surface area contributed by atoms with Gasteiger partial charge in [-0.3, -0.25) is 0 Å². The van der Waals surface area contributed by atoms with Crippen molar-refractivity contribution in [2.45, 2.75) is 20.4 Å². The zero-order valence-electron chi connectivity index (χ0n) is 11.6. The summed E-state index contributed by atoms with van der Waals surface area (Å²) >= 11 is 0. The first kappa shape index (κ1) is 15.4. The van der Waals surface area contributed by atoms with Crippen molar-refractivity contribution >= 4 is 5.96 Å². The molecule has 0 saturated heterocycles. The normalized spacial score (nSPS) is 11.4. The standard InChI is InChI=1S/C14H22FN3O/c1-3-16-14(17-8-9-19-4-2)18-11-12-6-5-7-13(15)10-12/h5-7,10H,3-4,8-9,11H2,1-2H3,(H2,16,17,18). The lowest BCUT2D eigenvalue weighted by molar-refractivity contribution is 0.152. The Morgan fingerprint density at radius 2 is 2.16 bits per heavy atom. The number of benzene rings is 1. The van der Waals surface area contributed by atoms with Gasteiger partial charge in [0.15, 0.2) is 5.96 Å². The molecule has 2 N–H and O–H groups in total. The number of halogens is 1. The molecule has 0 fully saturated rings. The van der Waals surface area contributed by atoms with Crippen molar-refractivity contribution in [1.82, 2.24) is 10.6 Å². The van der Waals surface area contributed by atoms with E-state index in [4.69, 9.17) is 4.74 Å². The van der Waals surface area contributed by atoms with Crippen LogP contribution in [0.1, 0.15) is 19.4 Å². The van der Waals surface area contributed by atoms with Gasteiger partial charge in [0.2, 0.25) is 0 Å². The highest BCUT2D eigenvalue weighted by Gasteiger charge is 1.98. The summed E-state index contributed by atoms with van der Waals surface area (Å²) in [6.07, 6.45) is 0. The van der Waals surface area contributed by atoms with E-state index >= 15 is 0 Å². The molecule has 5 heteroatoms. The number of hydrogen-bond acceptors (Lipinski definition) is 2. The van der Waals surface area contributed by atoms with E-state index < -0.39 is 0 Å². The van der Waals surface area contributed by atoms with Crippen LogP contribution in [0, 0.1) is 5.82 Å². The Balaban J connectivity index is 2.47. The highest BCUT2D eigenvalue weighted by Crippen LogP contribution is 2.04. The highest BCUT2D eigenvalue weighted by molar-refractivity contribution is 5.79. The van der Waals surface area contributed by atoms with Gasteiger partial charge in [0.25, 0.3) is 0 Å². The average molecular weight is 267 g/mol. The summed E-state index contributed by atoms with van der Waals surface area (Å²) in [5, 5.41) is 6.29. The van der Waals surface area contributed by atoms with Crippen LogP contribution >= 0.6 is 0 Å². The quantitative estimate of drug-likeness (QED) is 0.451. The molecule has 1 aromatic carbocycles. The second-order valence-corrected chi connectivity index (χ2v) is 3.95. The van der Waals surface area contributed by atoms with Crippen LogP contribution < -0.4 is 10.6 Å². The van der Waals surface area contributed by atoms with Gasteiger partial charge in [0.05, 0.1) is 13.2 Å².